The number of amides is 2. The van der Waals surface area contributed by atoms with Gasteiger partial charge >= 0.3 is 0 Å². The Hall–Kier alpha value is -5.12. The van der Waals surface area contributed by atoms with Gasteiger partial charge in [-0.05, 0) is 93.4 Å². The molecule has 0 saturated carbocycles. The van der Waals surface area contributed by atoms with Gasteiger partial charge in [0, 0.05) is 69.2 Å². The number of aromatic nitrogens is 2. The molecule has 10 heteroatoms. The van der Waals surface area contributed by atoms with Crippen LogP contribution in [0.5, 0.6) is 0 Å². The van der Waals surface area contributed by atoms with E-state index in [2.05, 4.69) is 33.8 Å². The van der Waals surface area contributed by atoms with Gasteiger partial charge in [-0.25, -0.2) is 0 Å². The maximum Gasteiger partial charge on any atom is 0.255 e. The minimum absolute atomic E-state index is 0.118. The van der Waals surface area contributed by atoms with Crippen molar-refractivity contribution in [1.82, 2.24) is 20.6 Å². The molecule has 0 aliphatic carbocycles. The lowest BCUT2D eigenvalue weighted by Gasteiger charge is -2.08. The topological polar surface area (TPSA) is 170 Å². The zero-order valence-corrected chi connectivity index (χ0v) is 24.7. The van der Waals surface area contributed by atoms with Crippen molar-refractivity contribution in [3.63, 3.8) is 0 Å². The molecule has 0 spiro atoms. The van der Waals surface area contributed by atoms with Crippen LogP contribution in [0, 0.1) is 13.8 Å². The molecule has 2 aliphatic rings. The quantitative estimate of drug-likeness (QED) is 0.299. The Labute approximate surface area is 249 Å². The molecule has 0 saturated heterocycles. The summed E-state index contributed by atoms with van der Waals surface area (Å²) >= 11 is 0. The summed E-state index contributed by atoms with van der Waals surface area (Å²) in [6.07, 6.45) is 7.20. The van der Waals surface area contributed by atoms with Crippen LogP contribution in [0.3, 0.4) is 0 Å². The fourth-order valence-electron chi connectivity index (χ4n) is 5.56. The number of allylic oxidation sites excluding steroid dienone is 2. The van der Waals surface area contributed by atoms with Gasteiger partial charge in [0.25, 0.3) is 11.8 Å². The summed E-state index contributed by atoms with van der Waals surface area (Å²) in [5.74, 6) is -2.92. The molecule has 2 aromatic heterocycles. The monoisotopic (exact) mass is 582 g/mol. The highest BCUT2D eigenvalue weighted by Gasteiger charge is 2.26. The van der Waals surface area contributed by atoms with Crippen LogP contribution >= 0.6 is 0 Å². The zero-order valence-electron chi connectivity index (χ0n) is 24.7. The summed E-state index contributed by atoms with van der Waals surface area (Å²) in [7, 11) is 0. The van der Waals surface area contributed by atoms with Crippen LogP contribution in [0.2, 0.25) is 0 Å². The molecule has 4 heterocycles. The van der Waals surface area contributed by atoms with E-state index in [1.54, 1.807) is 19.1 Å². The normalized spacial score (nSPS) is 16.8. The van der Waals surface area contributed by atoms with Gasteiger partial charge in [0.2, 0.25) is 0 Å². The van der Waals surface area contributed by atoms with E-state index in [-0.39, 0.29) is 37.5 Å². The third-order valence-corrected chi connectivity index (χ3v) is 8.11. The molecule has 0 aromatic carbocycles. The Morgan fingerprint density at radius 3 is 1.93 bits per heavy atom. The fourth-order valence-corrected chi connectivity index (χ4v) is 5.56. The first-order valence-electron chi connectivity index (χ1n) is 13.9. The summed E-state index contributed by atoms with van der Waals surface area (Å²) < 4.78 is 0. The number of rotatable bonds is 12. The first kappa shape index (κ1) is 30.8. The maximum absolute atomic E-state index is 12.4. The second-order valence-corrected chi connectivity index (χ2v) is 10.7. The van der Waals surface area contributed by atoms with Crippen molar-refractivity contribution in [2.45, 2.75) is 59.8 Å². The van der Waals surface area contributed by atoms with Crippen molar-refractivity contribution in [3.8, 4) is 0 Å². The van der Waals surface area contributed by atoms with Gasteiger partial charge in [-0.2, -0.15) is 0 Å². The van der Waals surface area contributed by atoms with Crippen LogP contribution in [-0.4, -0.2) is 33.7 Å². The summed E-state index contributed by atoms with van der Waals surface area (Å²) in [4.78, 5) is 54.0. The van der Waals surface area contributed by atoms with Gasteiger partial charge in [0.05, 0.1) is 0 Å². The van der Waals surface area contributed by atoms with Gasteiger partial charge in [-0.15, -0.1) is 0 Å². The smallest absolute Gasteiger partial charge is 0.255 e. The number of carboxylic acids is 2. The summed E-state index contributed by atoms with van der Waals surface area (Å²) in [6, 6.07) is 0. The van der Waals surface area contributed by atoms with E-state index >= 15 is 0 Å². The van der Waals surface area contributed by atoms with E-state index < -0.39 is 11.9 Å². The van der Waals surface area contributed by atoms with Crippen molar-refractivity contribution in [2.75, 3.05) is 0 Å². The number of carbonyl (C=O) groups is 4. The van der Waals surface area contributed by atoms with Gasteiger partial charge < -0.3 is 40.4 Å². The third-order valence-electron chi connectivity index (χ3n) is 8.11. The van der Waals surface area contributed by atoms with Gasteiger partial charge in [-0.3, -0.25) is 9.59 Å². The highest BCUT2D eigenvalue weighted by molar-refractivity contribution is 6.03. The number of nitrogens with one attached hydrogen (secondary N) is 4. The highest BCUT2D eigenvalue weighted by atomic mass is 16.4. The Bertz CT molecular complexity index is 1710. The Morgan fingerprint density at radius 1 is 0.744 bits per heavy atom. The molecule has 10 nitrogen and oxygen atoms in total. The predicted molar refractivity (Wildman–Crippen MR) is 159 cm³/mol. The van der Waals surface area contributed by atoms with Crippen molar-refractivity contribution in [3.05, 3.63) is 97.9 Å². The fraction of sp³-hybridized carbons (Fsp3) is 0.273. The van der Waals surface area contributed by atoms with Crippen LogP contribution in [0.1, 0.15) is 78.1 Å². The molecule has 2 amide bonds. The van der Waals surface area contributed by atoms with Gasteiger partial charge in [-0.1, -0.05) is 25.3 Å². The lowest BCUT2D eigenvalue weighted by atomic mass is 9.99. The number of hydrogen-bond acceptors (Lipinski definition) is 6. The molecular weight excluding hydrogens is 548 g/mol. The minimum atomic E-state index is -1.22. The number of carboxylic acid groups (broad SMARTS) is 2. The van der Waals surface area contributed by atoms with Gasteiger partial charge in [0.1, 0.15) is 0 Å². The Morgan fingerprint density at radius 2 is 1.33 bits per heavy atom. The molecule has 0 unspecified atom stereocenters. The van der Waals surface area contributed by atoms with E-state index in [4.69, 9.17) is 0 Å². The molecule has 0 radical (unpaired) electrons. The maximum atomic E-state index is 12.4. The number of H-pyrrole nitrogens is 2. The molecule has 224 valence electrons. The molecule has 2 aliphatic heterocycles. The Kier molecular flexibility index (Phi) is 8.89. The van der Waals surface area contributed by atoms with E-state index in [9.17, 15) is 29.4 Å². The van der Waals surface area contributed by atoms with Crippen LogP contribution in [0.25, 0.3) is 18.2 Å². The molecule has 0 bridgehead atoms. The lowest BCUT2D eigenvalue weighted by Crippen LogP contribution is -2.22. The number of carbonyl (C=O) groups excluding carboxylic acids is 4. The molecule has 43 heavy (non-hydrogen) atoms. The SMILES string of the molecule is C=CC1=C(C)/C(=C\c2[nH]c(Cc3[nH]c(/C=C4/NC(=O)C(C)=C4CCC(=O)[O-])c(CCC(=O)[O-])c3C)c(C)c2C=C)NC1=O. The molecule has 2 aromatic rings. The number of aromatic amines is 2. The van der Waals surface area contributed by atoms with Crippen molar-refractivity contribution >= 4 is 42.0 Å². The lowest BCUT2D eigenvalue weighted by molar-refractivity contribution is -0.307. The van der Waals surface area contributed by atoms with Crippen molar-refractivity contribution in [1.29, 1.82) is 0 Å². The predicted octanol–water partition coefficient (Wildman–Crippen LogP) is 2.17. The molecule has 0 fully saturated rings. The number of aliphatic carboxylic acids is 2. The summed E-state index contributed by atoms with van der Waals surface area (Å²) in [6.45, 7) is 15.0. The zero-order chi connectivity index (χ0) is 31.6. The third kappa shape index (κ3) is 6.23. The average Bonchev–Trinajstić information content (AvgIpc) is 3.59. The van der Waals surface area contributed by atoms with Crippen LogP contribution < -0.4 is 20.8 Å². The molecule has 0 atom stereocenters. The molecular formula is C33H34N4O6-2. The van der Waals surface area contributed by atoms with E-state index in [1.807, 2.05) is 26.8 Å². The molecule has 4 rings (SSSR count). The second kappa shape index (κ2) is 12.4. The van der Waals surface area contributed by atoms with Crippen molar-refractivity contribution < 1.29 is 29.4 Å². The van der Waals surface area contributed by atoms with E-state index in [0.29, 0.717) is 40.2 Å². The minimum Gasteiger partial charge on any atom is -0.550 e. The second-order valence-electron chi connectivity index (χ2n) is 10.7. The largest absolute Gasteiger partial charge is 0.550 e. The highest BCUT2D eigenvalue weighted by Crippen LogP contribution is 2.32. The van der Waals surface area contributed by atoms with E-state index in [0.717, 1.165) is 44.9 Å². The first-order chi connectivity index (χ1) is 20.4. The van der Waals surface area contributed by atoms with E-state index in [1.165, 1.54) is 6.08 Å². The number of hydrogen-bond donors (Lipinski definition) is 4. The van der Waals surface area contributed by atoms with Crippen LogP contribution in [0.4, 0.5) is 0 Å². The van der Waals surface area contributed by atoms with Crippen LogP contribution in [0.15, 0.2) is 52.9 Å². The summed E-state index contributed by atoms with van der Waals surface area (Å²) in [5.41, 5.74) is 10.0. The summed E-state index contributed by atoms with van der Waals surface area (Å²) in [5, 5.41) is 28.1. The first-order valence-corrected chi connectivity index (χ1v) is 13.9. The van der Waals surface area contributed by atoms with Crippen molar-refractivity contribution in [2.24, 2.45) is 0 Å². The molecule has 4 N–H and O–H groups in total. The standard InChI is InChI=1S/C33H36N4O6/c1-7-20-16(3)24(34-27(20)14-26-17(4)21(8-2)33(43)36-26)13-25-18(5)22(9-11-30(38)39)28(35-25)15-29-23(10-12-31(40)41)19(6)32(42)37-29/h7-8,14-15,34-35H,1-2,9-13H2,3-6H3,(H,36,43)(H,37,42)(H,38,39)(H,40,41)/p-2/b26-14+,29-15+. The van der Waals surface area contributed by atoms with Crippen LogP contribution in [-0.2, 0) is 32.0 Å². The van der Waals surface area contributed by atoms with Gasteiger partial charge in [0.15, 0.2) is 0 Å². The Balaban J connectivity index is 1.74. The average molecular weight is 583 g/mol.